The van der Waals surface area contributed by atoms with Crippen molar-refractivity contribution in [2.24, 2.45) is 0 Å². The molecule has 1 unspecified atom stereocenters. The number of benzene rings is 2. The zero-order chi connectivity index (χ0) is 16.2. The lowest BCUT2D eigenvalue weighted by Crippen LogP contribution is -3.05. The number of rotatable bonds is 7. The van der Waals surface area contributed by atoms with Crippen LogP contribution in [0.5, 0.6) is 0 Å². The van der Waals surface area contributed by atoms with Crippen molar-refractivity contribution < 1.29 is 27.2 Å². The molecular weight excluding hydrogens is 310 g/mol. The molecule has 0 aliphatic carbocycles. The Morgan fingerprint density at radius 3 is 2.39 bits per heavy atom. The fraction of sp³-hybridized carbons (Fsp3) is 0.421. The monoisotopic (exact) mass is 335 g/mol. The normalized spacial score (nSPS) is 13.6. The van der Waals surface area contributed by atoms with E-state index in [1.54, 1.807) is 0 Å². The minimum atomic E-state index is -0.795. The van der Waals surface area contributed by atoms with Gasteiger partial charge in [-0.2, -0.15) is 0 Å². The number of nitrogens with one attached hydrogen (secondary N) is 1. The van der Waals surface area contributed by atoms with Crippen molar-refractivity contribution in [3.63, 3.8) is 0 Å². The van der Waals surface area contributed by atoms with Crippen molar-refractivity contribution in [2.75, 3.05) is 20.6 Å². The smallest absolute Gasteiger partial charge is 0.314 e. The van der Waals surface area contributed by atoms with Crippen LogP contribution in [-0.2, 0) is 10.2 Å². The molecule has 0 radical (unpaired) electrons. The highest BCUT2D eigenvalue weighted by Gasteiger charge is 2.39. The molecule has 126 valence electrons. The molecule has 1 atom stereocenters. The van der Waals surface area contributed by atoms with Crippen molar-refractivity contribution in [3.8, 4) is 0 Å². The fourth-order valence-corrected chi connectivity index (χ4v) is 3.26. The summed E-state index contributed by atoms with van der Waals surface area (Å²) in [4.78, 5) is 13.5. The van der Waals surface area contributed by atoms with Gasteiger partial charge in [-0.3, -0.25) is 4.79 Å². The van der Waals surface area contributed by atoms with Gasteiger partial charge in [0.25, 0.3) is 0 Å². The van der Waals surface area contributed by atoms with Crippen molar-refractivity contribution in [2.45, 2.75) is 31.6 Å². The molecule has 23 heavy (non-hydrogen) atoms. The van der Waals surface area contributed by atoms with Gasteiger partial charge in [-0.05, 0) is 35.6 Å². The van der Waals surface area contributed by atoms with E-state index in [1.807, 2.05) is 49.4 Å². The van der Waals surface area contributed by atoms with Crippen LogP contribution in [0.25, 0.3) is 10.8 Å². The van der Waals surface area contributed by atoms with E-state index in [2.05, 4.69) is 14.1 Å². The number of halogens is 1. The Kier molecular flexibility index (Phi) is 7.04. The quantitative estimate of drug-likeness (QED) is 0.716. The van der Waals surface area contributed by atoms with Gasteiger partial charge in [-0.15, -0.1) is 0 Å². The molecule has 0 heterocycles. The predicted molar refractivity (Wildman–Crippen MR) is 90.5 cm³/mol. The van der Waals surface area contributed by atoms with Gasteiger partial charge in [0.2, 0.25) is 0 Å². The van der Waals surface area contributed by atoms with Crippen LogP contribution in [0.15, 0.2) is 42.5 Å². The van der Waals surface area contributed by atoms with Gasteiger partial charge in [0.15, 0.2) is 0 Å². The summed E-state index contributed by atoms with van der Waals surface area (Å²) in [6.45, 7) is 2.97. The van der Waals surface area contributed by atoms with Crippen molar-refractivity contribution >= 4 is 16.7 Å². The largest absolute Gasteiger partial charge is 1.00 e. The summed E-state index contributed by atoms with van der Waals surface area (Å²) in [7, 11) is 4.21. The lowest BCUT2D eigenvalue weighted by Gasteiger charge is -2.30. The third-order valence-corrected chi connectivity index (χ3v) is 4.60. The number of hydrogen-bond donors (Lipinski definition) is 2. The highest BCUT2D eigenvalue weighted by Crippen LogP contribution is 2.37. The molecule has 0 amide bonds. The average Bonchev–Trinajstić information content (AvgIpc) is 2.51. The molecular formula is C19H26ClNO2. The lowest BCUT2D eigenvalue weighted by atomic mass is 9.73. The Balaban J connectivity index is 0.00000264. The standard InChI is InChI=1S/C19H25NO2.ClH/c1-4-19(18(21)22,13-8-14-20(2)3)17-12-7-10-15-9-5-6-11-16(15)17;/h5-7,9-12H,4,8,13-14H2,1-3H3,(H,21,22);1H. The molecule has 0 spiro atoms. The van der Waals surface area contributed by atoms with Gasteiger partial charge < -0.3 is 22.4 Å². The molecule has 0 saturated heterocycles. The number of hydrogen-bond acceptors (Lipinski definition) is 1. The first kappa shape index (κ1) is 19.5. The van der Waals surface area contributed by atoms with Gasteiger partial charge in [0, 0.05) is 0 Å². The van der Waals surface area contributed by atoms with E-state index >= 15 is 0 Å². The molecule has 2 aromatic carbocycles. The van der Waals surface area contributed by atoms with Gasteiger partial charge in [-0.25, -0.2) is 0 Å². The van der Waals surface area contributed by atoms with Crippen LogP contribution in [-0.4, -0.2) is 31.7 Å². The van der Waals surface area contributed by atoms with Gasteiger partial charge in [-0.1, -0.05) is 49.4 Å². The second-order valence-corrected chi connectivity index (χ2v) is 6.33. The summed E-state index contributed by atoms with van der Waals surface area (Å²) in [5, 5.41) is 12.2. The highest BCUT2D eigenvalue weighted by atomic mass is 35.5. The summed E-state index contributed by atoms with van der Waals surface area (Å²) in [6, 6.07) is 14.1. The molecule has 2 aromatic rings. The first-order valence-corrected chi connectivity index (χ1v) is 8.02. The van der Waals surface area contributed by atoms with E-state index < -0.39 is 11.4 Å². The third-order valence-electron chi connectivity index (χ3n) is 4.60. The topological polar surface area (TPSA) is 41.7 Å². The molecule has 0 aromatic heterocycles. The van der Waals surface area contributed by atoms with E-state index in [0.717, 1.165) is 29.3 Å². The Hall–Kier alpha value is -1.58. The number of carbonyl (C=O) groups is 1. The van der Waals surface area contributed by atoms with E-state index in [-0.39, 0.29) is 12.4 Å². The number of carboxylic acid groups (broad SMARTS) is 1. The lowest BCUT2D eigenvalue weighted by molar-refractivity contribution is -0.858. The molecule has 0 aliphatic heterocycles. The highest BCUT2D eigenvalue weighted by molar-refractivity contribution is 5.93. The minimum absolute atomic E-state index is 0. The Labute approximate surface area is 144 Å². The number of carboxylic acids is 1. The van der Waals surface area contributed by atoms with Crippen LogP contribution < -0.4 is 17.3 Å². The minimum Gasteiger partial charge on any atom is -1.00 e. The Bertz CT molecular complexity index is 651. The molecule has 4 heteroatoms. The molecule has 0 bridgehead atoms. The van der Waals surface area contributed by atoms with E-state index in [1.165, 1.54) is 4.90 Å². The molecule has 0 saturated carbocycles. The second kappa shape index (κ2) is 8.32. The average molecular weight is 336 g/mol. The summed E-state index contributed by atoms with van der Waals surface area (Å²) >= 11 is 0. The van der Waals surface area contributed by atoms with Crippen LogP contribution >= 0.6 is 0 Å². The maximum atomic E-state index is 12.2. The zero-order valence-electron chi connectivity index (χ0n) is 14.1. The van der Waals surface area contributed by atoms with Crippen molar-refractivity contribution in [1.82, 2.24) is 0 Å². The zero-order valence-corrected chi connectivity index (χ0v) is 14.9. The maximum Gasteiger partial charge on any atom is 0.314 e. The van der Waals surface area contributed by atoms with Crippen LogP contribution in [0.2, 0.25) is 0 Å². The summed E-state index contributed by atoms with van der Waals surface area (Å²) in [6.07, 6.45) is 2.20. The summed E-state index contributed by atoms with van der Waals surface area (Å²) < 4.78 is 0. The van der Waals surface area contributed by atoms with Crippen LogP contribution in [0.3, 0.4) is 0 Å². The molecule has 2 rings (SSSR count). The molecule has 0 aliphatic rings. The molecule has 3 nitrogen and oxygen atoms in total. The Morgan fingerprint density at radius 1 is 1.13 bits per heavy atom. The van der Waals surface area contributed by atoms with E-state index in [0.29, 0.717) is 12.8 Å². The van der Waals surface area contributed by atoms with Gasteiger partial charge >= 0.3 is 5.97 Å². The number of fused-ring (bicyclic) bond motifs is 1. The Morgan fingerprint density at radius 2 is 1.78 bits per heavy atom. The number of aliphatic carboxylic acids is 1. The first-order valence-electron chi connectivity index (χ1n) is 8.02. The van der Waals surface area contributed by atoms with Crippen molar-refractivity contribution in [1.29, 1.82) is 0 Å². The van der Waals surface area contributed by atoms with E-state index in [9.17, 15) is 9.90 Å². The first-order chi connectivity index (χ1) is 10.5. The van der Waals surface area contributed by atoms with Crippen molar-refractivity contribution in [3.05, 3.63) is 48.0 Å². The van der Waals surface area contributed by atoms with Crippen LogP contribution in [0.4, 0.5) is 0 Å². The SMILES string of the molecule is CCC(CCC[NH+](C)C)(C(=O)O)c1cccc2ccccc12.[Cl-]. The van der Waals surface area contributed by atoms with Crippen LogP contribution in [0.1, 0.15) is 31.7 Å². The predicted octanol–water partition coefficient (Wildman–Crippen LogP) is -0.499. The fourth-order valence-electron chi connectivity index (χ4n) is 3.26. The van der Waals surface area contributed by atoms with Gasteiger partial charge in [0.05, 0.1) is 26.1 Å². The maximum absolute atomic E-state index is 12.2. The van der Waals surface area contributed by atoms with E-state index in [4.69, 9.17) is 0 Å². The number of quaternary nitrogens is 1. The molecule has 2 N–H and O–H groups in total. The molecule has 0 fully saturated rings. The second-order valence-electron chi connectivity index (χ2n) is 6.33. The van der Waals surface area contributed by atoms with Crippen LogP contribution in [0, 0.1) is 0 Å². The van der Waals surface area contributed by atoms with Gasteiger partial charge in [0.1, 0.15) is 0 Å². The summed E-state index contributed by atoms with van der Waals surface area (Å²) in [5.41, 5.74) is 0.158. The summed E-state index contributed by atoms with van der Waals surface area (Å²) in [5.74, 6) is -0.708. The third kappa shape index (κ3) is 4.04.